The Bertz CT molecular complexity index is 538. The van der Waals surface area contributed by atoms with Crippen molar-refractivity contribution in [2.45, 2.75) is 76.9 Å². The Hall–Kier alpha value is -1.06. The molecule has 2 aliphatic heterocycles. The fraction of sp³-hybridized carbons (Fsp3) is 0.650. The van der Waals surface area contributed by atoms with Crippen molar-refractivity contribution in [1.82, 2.24) is 10.6 Å². The molecular weight excluding hydrogens is 320 g/mol. The summed E-state index contributed by atoms with van der Waals surface area (Å²) in [5.74, 6) is 0.771. The molecule has 3 nitrogen and oxygen atoms in total. The minimum Gasteiger partial charge on any atom is -0.352 e. The van der Waals surface area contributed by atoms with Crippen molar-refractivity contribution in [3.05, 3.63) is 35.4 Å². The first-order valence-electron chi connectivity index (χ1n) is 9.02. The molecule has 2 saturated heterocycles. The van der Waals surface area contributed by atoms with E-state index in [2.05, 4.69) is 55.7 Å². The van der Waals surface area contributed by atoms with Crippen LogP contribution in [0.2, 0.25) is 0 Å². The summed E-state index contributed by atoms with van der Waals surface area (Å²) in [5.41, 5.74) is 2.69. The van der Waals surface area contributed by atoms with Gasteiger partial charge in [0.15, 0.2) is 0 Å². The van der Waals surface area contributed by atoms with E-state index in [1.165, 1.54) is 36.8 Å². The van der Waals surface area contributed by atoms with Gasteiger partial charge in [0.05, 0.1) is 0 Å². The van der Waals surface area contributed by atoms with Gasteiger partial charge < -0.3 is 10.6 Å². The van der Waals surface area contributed by atoms with Crippen molar-refractivity contribution >= 4 is 18.3 Å². The molecule has 0 aromatic heterocycles. The lowest BCUT2D eigenvalue weighted by Gasteiger charge is -2.28. The summed E-state index contributed by atoms with van der Waals surface area (Å²) in [6, 6.07) is 9.93. The first-order chi connectivity index (χ1) is 10.9. The molecule has 2 bridgehead atoms. The van der Waals surface area contributed by atoms with Gasteiger partial charge in [-0.25, -0.2) is 0 Å². The Morgan fingerprint density at radius 3 is 2.25 bits per heavy atom. The van der Waals surface area contributed by atoms with Crippen LogP contribution in [0.15, 0.2) is 24.3 Å². The average Bonchev–Trinajstić information content (AvgIpc) is 2.83. The molecule has 4 heteroatoms. The smallest absolute Gasteiger partial charge is 0.220 e. The maximum Gasteiger partial charge on any atom is 0.220 e. The van der Waals surface area contributed by atoms with E-state index in [4.69, 9.17) is 0 Å². The van der Waals surface area contributed by atoms with E-state index in [9.17, 15) is 4.79 Å². The van der Waals surface area contributed by atoms with Crippen LogP contribution < -0.4 is 10.6 Å². The summed E-state index contributed by atoms with van der Waals surface area (Å²) >= 11 is 0. The van der Waals surface area contributed by atoms with Crippen LogP contribution in [0.25, 0.3) is 0 Å². The van der Waals surface area contributed by atoms with E-state index < -0.39 is 0 Å². The number of rotatable bonds is 4. The third-order valence-corrected chi connectivity index (χ3v) is 5.35. The highest BCUT2D eigenvalue weighted by Crippen LogP contribution is 2.32. The lowest BCUT2D eigenvalue weighted by molar-refractivity contribution is -0.122. The number of piperidine rings is 1. The Kier molecular flexibility index (Phi) is 6.33. The van der Waals surface area contributed by atoms with Gasteiger partial charge in [-0.15, -0.1) is 12.4 Å². The van der Waals surface area contributed by atoms with Gasteiger partial charge in [0.2, 0.25) is 5.91 Å². The first-order valence-corrected chi connectivity index (χ1v) is 9.02. The topological polar surface area (TPSA) is 41.1 Å². The molecule has 1 aromatic rings. The monoisotopic (exact) mass is 350 g/mol. The Morgan fingerprint density at radius 1 is 1.12 bits per heavy atom. The number of halogens is 1. The van der Waals surface area contributed by atoms with Crippen molar-refractivity contribution in [3.63, 3.8) is 0 Å². The molecule has 2 fully saturated rings. The van der Waals surface area contributed by atoms with Crippen LogP contribution in [0, 0.1) is 5.92 Å². The number of carbonyl (C=O) groups is 1. The van der Waals surface area contributed by atoms with Crippen LogP contribution in [-0.4, -0.2) is 18.0 Å². The van der Waals surface area contributed by atoms with Crippen molar-refractivity contribution < 1.29 is 4.79 Å². The zero-order valence-corrected chi connectivity index (χ0v) is 15.9. The van der Waals surface area contributed by atoms with E-state index in [1.807, 2.05) is 0 Å². The highest BCUT2D eigenvalue weighted by molar-refractivity contribution is 5.85. The van der Waals surface area contributed by atoms with Crippen LogP contribution in [0.3, 0.4) is 0 Å². The molecule has 0 aliphatic carbocycles. The quantitative estimate of drug-likeness (QED) is 0.863. The van der Waals surface area contributed by atoms with Crippen LogP contribution in [0.5, 0.6) is 0 Å². The minimum atomic E-state index is 0. The zero-order chi connectivity index (χ0) is 16.4. The molecule has 1 amide bonds. The SMILES string of the molecule is CC(C)(C)c1ccc(CNC(=O)CC2CC3CCC(C2)N3)cc1.Cl. The lowest BCUT2D eigenvalue weighted by atomic mass is 9.87. The molecule has 24 heavy (non-hydrogen) atoms. The van der Waals surface area contributed by atoms with Crippen molar-refractivity contribution in [3.8, 4) is 0 Å². The predicted octanol–water partition coefficient (Wildman–Crippen LogP) is 3.94. The Morgan fingerprint density at radius 2 is 1.71 bits per heavy atom. The maximum absolute atomic E-state index is 12.2. The van der Waals surface area contributed by atoms with E-state index in [0.717, 1.165) is 0 Å². The largest absolute Gasteiger partial charge is 0.352 e. The second-order valence-corrected chi connectivity index (χ2v) is 8.40. The van der Waals surface area contributed by atoms with E-state index in [0.29, 0.717) is 31.0 Å². The van der Waals surface area contributed by atoms with Crippen molar-refractivity contribution in [2.24, 2.45) is 5.92 Å². The number of hydrogen-bond donors (Lipinski definition) is 2. The predicted molar refractivity (Wildman–Crippen MR) is 102 cm³/mol. The zero-order valence-electron chi connectivity index (χ0n) is 15.1. The van der Waals surface area contributed by atoms with E-state index in [1.54, 1.807) is 0 Å². The van der Waals surface area contributed by atoms with Gasteiger partial charge in [0.25, 0.3) is 0 Å². The van der Waals surface area contributed by atoms with Crippen LogP contribution in [0.1, 0.15) is 64.0 Å². The van der Waals surface area contributed by atoms with Crippen molar-refractivity contribution in [2.75, 3.05) is 0 Å². The van der Waals surface area contributed by atoms with Crippen LogP contribution in [-0.2, 0) is 16.8 Å². The molecule has 0 saturated carbocycles. The number of amides is 1. The lowest BCUT2D eigenvalue weighted by Crippen LogP contribution is -2.39. The summed E-state index contributed by atoms with van der Waals surface area (Å²) in [6.07, 6.45) is 5.62. The summed E-state index contributed by atoms with van der Waals surface area (Å²) in [7, 11) is 0. The standard InChI is InChI=1S/C20H30N2O.ClH/c1-20(2,3)16-6-4-14(5-7-16)13-21-19(23)12-15-10-17-8-9-18(11-15)22-17;/h4-7,15,17-18,22H,8-13H2,1-3H3,(H,21,23);1H. The number of carbonyl (C=O) groups excluding carboxylic acids is 1. The van der Waals surface area contributed by atoms with E-state index in [-0.39, 0.29) is 23.7 Å². The molecule has 1 aromatic carbocycles. The highest BCUT2D eigenvalue weighted by Gasteiger charge is 2.34. The molecule has 2 aliphatic rings. The summed E-state index contributed by atoms with van der Waals surface area (Å²) in [6.45, 7) is 7.29. The second-order valence-electron chi connectivity index (χ2n) is 8.40. The summed E-state index contributed by atoms with van der Waals surface area (Å²) in [5, 5.41) is 6.73. The molecule has 2 unspecified atom stereocenters. The normalized spacial score (nSPS) is 25.9. The third-order valence-electron chi connectivity index (χ3n) is 5.35. The number of fused-ring (bicyclic) bond motifs is 2. The average molecular weight is 351 g/mol. The molecule has 3 rings (SSSR count). The number of hydrogen-bond acceptors (Lipinski definition) is 2. The van der Waals surface area contributed by atoms with Crippen LogP contribution >= 0.6 is 12.4 Å². The molecule has 134 valence electrons. The Balaban J connectivity index is 0.00000208. The summed E-state index contributed by atoms with van der Waals surface area (Å²) in [4.78, 5) is 12.2. The first kappa shape index (κ1) is 19.3. The molecular formula is C20H31ClN2O. The van der Waals surface area contributed by atoms with Gasteiger partial charge in [-0.3, -0.25) is 4.79 Å². The van der Waals surface area contributed by atoms with E-state index >= 15 is 0 Å². The molecule has 2 heterocycles. The van der Waals surface area contributed by atoms with Gasteiger partial charge in [-0.2, -0.15) is 0 Å². The van der Waals surface area contributed by atoms with Gasteiger partial charge in [0, 0.05) is 25.0 Å². The van der Waals surface area contributed by atoms with Crippen LogP contribution in [0.4, 0.5) is 0 Å². The molecule has 0 radical (unpaired) electrons. The fourth-order valence-electron chi connectivity index (χ4n) is 4.00. The van der Waals surface area contributed by atoms with Crippen molar-refractivity contribution in [1.29, 1.82) is 0 Å². The second kappa shape index (κ2) is 7.88. The number of nitrogens with one attached hydrogen (secondary N) is 2. The molecule has 2 N–H and O–H groups in total. The number of benzene rings is 1. The van der Waals surface area contributed by atoms with Gasteiger partial charge >= 0.3 is 0 Å². The Labute approximate surface area is 152 Å². The summed E-state index contributed by atoms with van der Waals surface area (Å²) < 4.78 is 0. The minimum absolute atomic E-state index is 0. The maximum atomic E-state index is 12.2. The van der Waals surface area contributed by atoms with Gasteiger partial charge in [-0.05, 0) is 48.1 Å². The highest BCUT2D eigenvalue weighted by atomic mass is 35.5. The van der Waals surface area contributed by atoms with Gasteiger partial charge in [0.1, 0.15) is 0 Å². The van der Waals surface area contributed by atoms with Gasteiger partial charge in [-0.1, -0.05) is 45.0 Å². The molecule has 2 atom stereocenters. The molecule has 0 spiro atoms. The fourth-order valence-corrected chi connectivity index (χ4v) is 4.00. The third kappa shape index (κ3) is 4.97.